The molecule has 1 atom stereocenters. The van der Waals surface area contributed by atoms with Crippen LogP contribution in [0.3, 0.4) is 0 Å². The molecule has 1 aliphatic heterocycles. The minimum atomic E-state index is -0.441. The van der Waals surface area contributed by atoms with Crippen LogP contribution in [0.2, 0.25) is 6.82 Å². The van der Waals surface area contributed by atoms with Crippen LogP contribution < -0.4 is 15.7 Å². The van der Waals surface area contributed by atoms with Crippen LogP contribution in [0, 0.1) is 17.1 Å². The van der Waals surface area contributed by atoms with E-state index in [1.165, 1.54) is 29.0 Å². The Hall–Kier alpha value is -2.18. The van der Waals surface area contributed by atoms with E-state index in [9.17, 15) is 14.4 Å². The van der Waals surface area contributed by atoms with Crippen molar-refractivity contribution >= 4 is 29.3 Å². The largest absolute Gasteiger partial charge is 0.353 e. The molecular weight excluding hydrogens is 424 g/mol. The Morgan fingerprint density at radius 1 is 1.50 bits per heavy atom. The van der Waals surface area contributed by atoms with Crippen LogP contribution in [0.15, 0.2) is 33.7 Å². The highest BCUT2D eigenvalue weighted by Crippen LogP contribution is 2.25. The van der Waals surface area contributed by atoms with Crippen LogP contribution in [0.25, 0.3) is 0 Å². The molecule has 0 radical (unpaired) electrons. The first-order valence-electron chi connectivity index (χ1n) is 9.31. The second kappa shape index (κ2) is 8.45. The van der Waals surface area contributed by atoms with Gasteiger partial charge in [0, 0.05) is 18.6 Å². The molecule has 1 aliphatic rings. The molecule has 146 valence electrons. The lowest BCUT2D eigenvalue weighted by Crippen LogP contribution is -2.56. The van der Waals surface area contributed by atoms with Crippen molar-refractivity contribution in [2.75, 3.05) is 18.0 Å². The van der Waals surface area contributed by atoms with Crippen molar-refractivity contribution in [2.45, 2.75) is 38.7 Å². The minimum Gasteiger partial charge on any atom is -0.353 e. The Morgan fingerprint density at radius 2 is 2.29 bits per heavy atom. The summed E-state index contributed by atoms with van der Waals surface area (Å²) in [6, 6.07) is 6.05. The number of nitrogens with zero attached hydrogens (tertiary/aromatic N) is 4. The van der Waals surface area contributed by atoms with Crippen LogP contribution in [0.1, 0.15) is 30.9 Å². The van der Waals surface area contributed by atoms with Gasteiger partial charge < -0.3 is 10.1 Å². The molecule has 1 aromatic carbocycles. The van der Waals surface area contributed by atoms with Crippen molar-refractivity contribution < 1.29 is 4.39 Å². The Labute approximate surface area is 172 Å². The van der Waals surface area contributed by atoms with Gasteiger partial charge in [-0.3, -0.25) is 9.36 Å². The highest BCUT2D eigenvalue weighted by Gasteiger charge is 2.32. The molecule has 0 saturated carbocycles. The Morgan fingerprint density at radius 3 is 3.00 bits per heavy atom. The minimum absolute atomic E-state index is 0.0701. The van der Waals surface area contributed by atoms with Crippen molar-refractivity contribution in [3.63, 3.8) is 0 Å². The summed E-state index contributed by atoms with van der Waals surface area (Å²) < 4.78 is 15.6. The number of anilines is 1. The van der Waals surface area contributed by atoms with Crippen molar-refractivity contribution in [3.8, 4) is 6.07 Å². The summed E-state index contributed by atoms with van der Waals surface area (Å²) in [5, 5.41) is 12.9. The van der Waals surface area contributed by atoms with E-state index >= 15 is 0 Å². The number of hydrogen-bond acceptors (Lipinski definition) is 5. The lowest BCUT2D eigenvalue weighted by Gasteiger charge is -2.42. The van der Waals surface area contributed by atoms with Crippen molar-refractivity contribution in [3.05, 3.63) is 56.2 Å². The molecule has 1 N–H and O–H groups in total. The molecule has 0 bridgehead atoms. The molecule has 0 unspecified atom stereocenters. The molecule has 6 nitrogen and oxygen atoms in total. The maximum Gasteiger partial charge on any atom is 0.269 e. The summed E-state index contributed by atoms with van der Waals surface area (Å²) in [7, 11) is 0.861. The highest BCUT2D eigenvalue weighted by molar-refractivity contribution is 9.10. The lowest BCUT2D eigenvalue weighted by molar-refractivity contribution is 0.340. The molecule has 0 amide bonds. The van der Waals surface area contributed by atoms with Crippen molar-refractivity contribution in [1.82, 2.24) is 14.8 Å². The average molecular weight is 446 g/mol. The van der Waals surface area contributed by atoms with E-state index in [0.29, 0.717) is 28.1 Å². The Balaban J connectivity index is 2.03. The first kappa shape index (κ1) is 20.6. The molecule has 0 aliphatic carbocycles. The fraction of sp³-hybridized carbons (Fsp3) is 0.421. The van der Waals surface area contributed by atoms with E-state index in [-0.39, 0.29) is 17.6 Å². The molecular formula is C19H22BBrFN5O. The van der Waals surface area contributed by atoms with Crippen molar-refractivity contribution in [2.24, 2.45) is 0 Å². The first-order chi connectivity index (χ1) is 13.4. The van der Waals surface area contributed by atoms with Gasteiger partial charge in [-0.15, -0.1) is 0 Å². The smallest absolute Gasteiger partial charge is 0.269 e. The number of piperidine rings is 1. The summed E-state index contributed by atoms with van der Waals surface area (Å²) in [6.07, 6.45) is 3.52. The van der Waals surface area contributed by atoms with E-state index in [1.807, 2.05) is 0 Å². The molecule has 9 heteroatoms. The van der Waals surface area contributed by atoms with Crippen LogP contribution in [-0.4, -0.2) is 35.6 Å². The lowest BCUT2D eigenvalue weighted by atomic mass is 9.84. The molecule has 1 saturated heterocycles. The van der Waals surface area contributed by atoms with Gasteiger partial charge in [0.05, 0.1) is 24.4 Å². The summed E-state index contributed by atoms with van der Waals surface area (Å²) in [5.41, 5.74) is 0.473. The zero-order chi connectivity index (χ0) is 20.3. The number of halogens is 2. The number of nitrogens with one attached hydrogen (secondary N) is 1. The van der Waals surface area contributed by atoms with Crippen LogP contribution in [0.4, 0.5) is 10.3 Å². The van der Waals surface area contributed by atoms with E-state index in [0.717, 1.165) is 26.8 Å². The molecule has 0 spiro atoms. The fourth-order valence-corrected chi connectivity index (χ4v) is 4.12. The number of hydrogen-bond donors (Lipinski definition) is 1. The van der Waals surface area contributed by atoms with Gasteiger partial charge in [0.25, 0.3) is 5.56 Å². The van der Waals surface area contributed by atoms with E-state index < -0.39 is 5.82 Å². The molecule has 3 rings (SSSR count). The second-order valence-corrected chi connectivity index (χ2v) is 8.18. The van der Waals surface area contributed by atoms with Crippen LogP contribution in [0.5, 0.6) is 0 Å². The third-order valence-corrected chi connectivity index (χ3v) is 5.63. The Bertz CT molecular complexity index is 972. The van der Waals surface area contributed by atoms with Crippen molar-refractivity contribution in [1.29, 1.82) is 5.26 Å². The zero-order valence-electron chi connectivity index (χ0n) is 16.0. The summed E-state index contributed by atoms with van der Waals surface area (Å²) >= 11 is 3.25. The molecule has 28 heavy (non-hydrogen) atoms. The molecule has 1 aromatic heterocycles. The van der Waals surface area contributed by atoms with E-state index in [2.05, 4.69) is 50.9 Å². The van der Waals surface area contributed by atoms with Gasteiger partial charge in [0.2, 0.25) is 5.95 Å². The summed E-state index contributed by atoms with van der Waals surface area (Å²) in [5.74, 6) is 0.0921. The fourth-order valence-electron chi connectivity index (χ4n) is 3.81. The number of aromatic nitrogens is 2. The van der Waals surface area contributed by atoms with Gasteiger partial charge in [-0.1, -0.05) is 6.82 Å². The zero-order valence-corrected chi connectivity index (χ0v) is 17.6. The van der Waals surface area contributed by atoms with E-state index in [1.54, 1.807) is 0 Å². The predicted molar refractivity (Wildman–Crippen MR) is 112 cm³/mol. The van der Waals surface area contributed by atoms with Gasteiger partial charge >= 0.3 is 0 Å². The number of nitriles is 1. The summed E-state index contributed by atoms with van der Waals surface area (Å²) in [6.45, 7) is 5.82. The third-order valence-electron chi connectivity index (χ3n) is 5.08. The highest BCUT2D eigenvalue weighted by atomic mass is 79.9. The molecule has 1 fully saturated rings. The number of rotatable bonds is 5. The SMILES string of the molecule is CBN[C@]1(C)CCCN(c2ncc(Br)c(=O)n2Cc2cc(F)ccc2C#N)C1. The Kier molecular flexibility index (Phi) is 6.21. The van der Waals surface area contributed by atoms with Gasteiger partial charge in [0.15, 0.2) is 7.41 Å². The molecule has 2 heterocycles. The number of benzene rings is 1. The second-order valence-electron chi connectivity index (χ2n) is 7.33. The van der Waals surface area contributed by atoms with Gasteiger partial charge in [-0.2, -0.15) is 5.26 Å². The third kappa shape index (κ3) is 4.28. The quantitative estimate of drug-likeness (QED) is 0.715. The van der Waals surface area contributed by atoms with Gasteiger partial charge in [0.1, 0.15) is 10.3 Å². The van der Waals surface area contributed by atoms with E-state index in [4.69, 9.17) is 0 Å². The van der Waals surface area contributed by atoms with Crippen LogP contribution in [-0.2, 0) is 6.54 Å². The standard InChI is InChI=1S/C19H22BBrFN5O/c1-19(25-20-2)6-3-7-26(12-19)18-24-10-16(21)17(28)27(18)11-14-8-15(22)5-4-13(14)9-23/h4-5,8,10,20,25H,3,6-7,11-12H2,1-2H3/t19-/m1/s1. The average Bonchev–Trinajstić information content (AvgIpc) is 2.66. The van der Waals surface area contributed by atoms with Crippen LogP contribution >= 0.6 is 15.9 Å². The van der Waals surface area contributed by atoms with Gasteiger partial charge in [-0.25, -0.2) is 9.37 Å². The normalized spacial score (nSPS) is 19.3. The topological polar surface area (TPSA) is 74.0 Å². The maximum atomic E-state index is 13.8. The summed E-state index contributed by atoms with van der Waals surface area (Å²) in [4.78, 5) is 19.5. The maximum absolute atomic E-state index is 13.8. The monoisotopic (exact) mass is 445 g/mol. The first-order valence-corrected chi connectivity index (χ1v) is 10.1. The predicted octanol–water partition coefficient (Wildman–Crippen LogP) is 2.41. The van der Waals surface area contributed by atoms with Gasteiger partial charge in [-0.05, 0) is 59.5 Å². The molecule has 2 aromatic rings.